The van der Waals surface area contributed by atoms with Gasteiger partial charge in [0.25, 0.3) is 6.43 Å². The van der Waals surface area contributed by atoms with Crippen molar-refractivity contribution in [1.29, 1.82) is 0 Å². The summed E-state index contributed by atoms with van der Waals surface area (Å²) in [5.74, 6) is -1.03. The van der Waals surface area contributed by atoms with Crippen molar-refractivity contribution in [2.45, 2.75) is 25.9 Å². The Kier molecular flexibility index (Phi) is 4.54. The van der Waals surface area contributed by atoms with Crippen molar-refractivity contribution in [1.82, 2.24) is 15.0 Å². The van der Waals surface area contributed by atoms with Crippen LogP contribution in [-0.2, 0) is 16.0 Å². The summed E-state index contributed by atoms with van der Waals surface area (Å²) in [6.07, 6.45) is -3.90. The highest BCUT2D eigenvalue weighted by Gasteiger charge is 2.26. The average Bonchev–Trinajstić information content (AvgIpc) is 2.87. The van der Waals surface area contributed by atoms with E-state index in [1.165, 1.54) is 0 Å². The molecule has 0 aliphatic carbocycles. The van der Waals surface area contributed by atoms with Crippen molar-refractivity contribution in [3.63, 3.8) is 0 Å². The number of ether oxygens (including phenoxy) is 1. The van der Waals surface area contributed by atoms with Crippen LogP contribution in [0.1, 0.15) is 24.7 Å². The van der Waals surface area contributed by atoms with Crippen LogP contribution in [0.5, 0.6) is 0 Å². The molecule has 0 radical (unpaired) electrons. The minimum atomic E-state index is -3.02. The number of aromatic nitrogens is 2. The Labute approximate surface area is 108 Å². The summed E-state index contributed by atoms with van der Waals surface area (Å²) in [5, 5.41) is 3.69. The van der Waals surface area contributed by atoms with Gasteiger partial charge in [0.1, 0.15) is 6.10 Å². The van der Waals surface area contributed by atoms with Gasteiger partial charge in [-0.3, -0.25) is 9.69 Å². The SMILES string of the molecule is CCN1CCOC(c2noc(CC(=O)C(F)F)n2)C1. The largest absolute Gasteiger partial charge is 0.367 e. The molecule has 0 amide bonds. The first-order valence-corrected chi connectivity index (χ1v) is 6.07. The molecule has 0 aromatic carbocycles. The molecule has 0 bridgehead atoms. The lowest BCUT2D eigenvalue weighted by Gasteiger charge is -2.30. The van der Waals surface area contributed by atoms with Gasteiger partial charge in [-0.05, 0) is 6.54 Å². The van der Waals surface area contributed by atoms with Crippen molar-refractivity contribution in [2.24, 2.45) is 0 Å². The molecular formula is C11H15F2N3O3. The predicted molar refractivity (Wildman–Crippen MR) is 59.8 cm³/mol. The lowest BCUT2D eigenvalue weighted by molar-refractivity contribution is -0.129. The van der Waals surface area contributed by atoms with Gasteiger partial charge in [-0.1, -0.05) is 12.1 Å². The van der Waals surface area contributed by atoms with E-state index in [4.69, 9.17) is 9.26 Å². The number of likely N-dealkylation sites (N-methyl/N-ethyl adjacent to an activating group) is 1. The Morgan fingerprint density at radius 3 is 3.05 bits per heavy atom. The number of hydrogen-bond acceptors (Lipinski definition) is 6. The minimum Gasteiger partial charge on any atom is -0.367 e. The third-order valence-corrected chi connectivity index (χ3v) is 2.94. The molecular weight excluding hydrogens is 260 g/mol. The lowest BCUT2D eigenvalue weighted by Crippen LogP contribution is -2.38. The maximum Gasteiger partial charge on any atom is 0.296 e. The zero-order chi connectivity index (χ0) is 13.8. The number of carbonyl (C=O) groups excluding carboxylic acids is 1. The molecule has 1 aromatic rings. The summed E-state index contributed by atoms with van der Waals surface area (Å²) >= 11 is 0. The fourth-order valence-electron chi connectivity index (χ4n) is 1.84. The molecule has 1 fully saturated rings. The van der Waals surface area contributed by atoms with Crippen molar-refractivity contribution in [3.05, 3.63) is 11.7 Å². The fourth-order valence-corrected chi connectivity index (χ4v) is 1.84. The molecule has 6 nitrogen and oxygen atoms in total. The highest BCUT2D eigenvalue weighted by Crippen LogP contribution is 2.19. The van der Waals surface area contributed by atoms with Crippen LogP contribution in [0.15, 0.2) is 4.52 Å². The van der Waals surface area contributed by atoms with Gasteiger partial charge in [0.05, 0.1) is 13.0 Å². The zero-order valence-corrected chi connectivity index (χ0v) is 10.5. The van der Waals surface area contributed by atoms with Gasteiger partial charge in [0, 0.05) is 13.1 Å². The van der Waals surface area contributed by atoms with Crippen LogP contribution in [0.25, 0.3) is 0 Å². The second-order valence-electron chi connectivity index (χ2n) is 4.24. The van der Waals surface area contributed by atoms with Gasteiger partial charge >= 0.3 is 0 Å². The topological polar surface area (TPSA) is 68.5 Å². The van der Waals surface area contributed by atoms with Gasteiger partial charge < -0.3 is 9.26 Å². The van der Waals surface area contributed by atoms with Gasteiger partial charge in [-0.2, -0.15) is 4.98 Å². The summed E-state index contributed by atoms with van der Waals surface area (Å²) < 4.78 is 34.5. The fraction of sp³-hybridized carbons (Fsp3) is 0.727. The van der Waals surface area contributed by atoms with E-state index in [-0.39, 0.29) is 12.0 Å². The zero-order valence-electron chi connectivity index (χ0n) is 10.5. The Bertz CT molecular complexity index is 439. The molecule has 1 aromatic heterocycles. The molecule has 0 spiro atoms. The Morgan fingerprint density at radius 1 is 1.58 bits per heavy atom. The van der Waals surface area contributed by atoms with Crippen LogP contribution >= 0.6 is 0 Å². The second kappa shape index (κ2) is 6.16. The monoisotopic (exact) mass is 275 g/mol. The van der Waals surface area contributed by atoms with Gasteiger partial charge in [-0.15, -0.1) is 0 Å². The van der Waals surface area contributed by atoms with E-state index in [0.717, 1.165) is 13.1 Å². The second-order valence-corrected chi connectivity index (χ2v) is 4.24. The Morgan fingerprint density at radius 2 is 2.37 bits per heavy atom. The number of nitrogens with zero attached hydrogens (tertiary/aromatic N) is 3. The number of rotatable bonds is 5. The van der Waals surface area contributed by atoms with Crippen LogP contribution in [0.4, 0.5) is 8.78 Å². The molecule has 2 heterocycles. The number of ketones is 1. The predicted octanol–water partition coefficient (Wildman–Crippen LogP) is 0.839. The molecule has 8 heteroatoms. The average molecular weight is 275 g/mol. The van der Waals surface area contributed by atoms with E-state index in [0.29, 0.717) is 19.0 Å². The molecule has 106 valence electrons. The first kappa shape index (κ1) is 14.0. The Balaban J connectivity index is 1.98. The van der Waals surface area contributed by atoms with E-state index in [2.05, 4.69) is 15.0 Å². The molecule has 19 heavy (non-hydrogen) atoms. The highest BCUT2D eigenvalue weighted by atomic mass is 19.3. The van der Waals surface area contributed by atoms with Crippen LogP contribution < -0.4 is 0 Å². The first-order chi connectivity index (χ1) is 9.10. The third kappa shape index (κ3) is 3.54. The maximum absolute atomic E-state index is 12.1. The van der Waals surface area contributed by atoms with Crippen LogP contribution in [0, 0.1) is 0 Å². The third-order valence-electron chi connectivity index (χ3n) is 2.94. The highest BCUT2D eigenvalue weighted by molar-refractivity contribution is 5.82. The maximum atomic E-state index is 12.1. The molecule has 1 atom stereocenters. The summed E-state index contributed by atoms with van der Waals surface area (Å²) in [7, 11) is 0. The number of Topliss-reactive ketones (excluding diaryl/α,β-unsaturated/α-hetero) is 1. The van der Waals surface area contributed by atoms with Crippen molar-refractivity contribution < 1.29 is 22.8 Å². The van der Waals surface area contributed by atoms with E-state index in [1.807, 2.05) is 6.92 Å². The molecule has 1 aliphatic heterocycles. The van der Waals surface area contributed by atoms with Gasteiger partial charge in [-0.25, -0.2) is 8.78 Å². The van der Waals surface area contributed by atoms with Gasteiger partial charge in [0.15, 0.2) is 0 Å². The number of halogens is 2. The smallest absolute Gasteiger partial charge is 0.296 e. The summed E-state index contributed by atoms with van der Waals surface area (Å²) in [5.41, 5.74) is 0. The summed E-state index contributed by atoms with van der Waals surface area (Å²) in [6.45, 7) is 4.93. The number of morpholine rings is 1. The molecule has 0 saturated carbocycles. The standard InChI is InChI=1S/C11H15F2N3O3/c1-2-16-3-4-18-8(6-16)11-14-9(19-15-11)5-7(17)10(12)13/h8,10H,2-6H2,1H3. The van der Waals surface area contributed by atoms with E-state index in [1.54, 1.807) is 0 Å². The normalized spacial score (nSPS) is 20.9. The summed E-state index contributed by atoms with van der Waals surface area (Å²) in [6, 6.07) is 0. The molecule has 1 unspecified atom stereocenters. The number of hydrogen-bond donors (Lipinski definition) is 0. The van der Waals surface area contributed by atoms with E-state index < -0.39 is 18.6 Å². The van der Waals surface area contributed by atoms with Crippen molar-refractivity contribution in [2.75, 3.05) is 26.2 Å². The number of carbonyl (C=O) groups is 1. The van der Waals surface area contributed by atoms with E-state index in [9.17, 15) is 13.6 Å². The number of alkyl halides is 2. The molecule has 1 saturated heterocycles. The molecule has 1 aliphatic rings. The molecule has 0 N–H and O–H groups in total. The minimum absolute atomic E-state index is 0.0995. The van der Waals surface area contributed by atoms with Crippen molar-refractivity contribution >= 4 is 5.78 Å². The van der Waals surface area contributed by atoms with Crippen LogP contribution in [-0.4, -0.2) is 53.5 Å². The lowest BCUT2D eigenvalue weighted by atomic mass is 10.2. The van der Waals surface area contributed by atoms with Gasteiger partial charge in [0.2, 0.25) is 17.5 Å². The first-order valence-electron chi connectivity index (χ1n) is 6.07. The van der Waals surface area contributed by atoms with Crippen molar-refractivity contribution in [3.8, 4) is 0 Å². The van der Waals surface area contributed by atoms with Crippen LogP contribution in [0.3, 0.4) is 0 Å². The van der Waals surface area contributed by atoms with E-state index >= 15 is 0 Å². The Hall–Kier alpha value is -1.41. The summed E-state index contributed by atoms with van der Waals surface area (Å²) in [4.78, 5) is 17.0. The molecule has 2 rings (SSSR count). The quantitative estimate of drug-likeness (QED) is 0.793. The van der Waals surface area contributed by atoms with Crippen LogP contribution in [0.2, 0.25) is 0 Å².